The summed E-state index contributed by atoms with van der Waals surface area (Å²) in [7, 11) is 2.49. The largest absolute Gasteiger partial charge is 0.465 e. The van der Waals surface area contributed by atoms with Gasteiger partial charge in [-0.1, -0.05) is 17.8 Å². The van der Waals surface area contributed by atoms with Crippen molar-refractivity contribution in [1.29, 1.82) is 0 Å². The zero-order chi connectivity index (χ0) is 23.3. The minimum atomic E-state index is -0.635. The molecule has 1 amide bonds. The van der Waals surface area contributed by atoms with E-state index in [2.05, 4.69) is 15.5 Å². The molecule has 3 aromatic rings. The van der Waals surface area contributed by atoms with Crippen molar-refractivity contribution in [3.05, 3.63) is 46.8 Å². The number of benzene rings is 1. The van der Waals surface area contributed by atoms with Crippen LogP contribution in [0.1, 0.15) is 40.6 Å². The molecule has 0 unspecified atom stereocenters. The monoisotopic (exact) mass is 474 g/mol. The van der Waals surface area contributed by atoms with Crippen molar-refractivity contribution >= 4 is 46.6 Å². The number of nitrogens with one attached hydrogen (secondary N) is 1. The van der Waals surface area contributed by atoms with Gasteiger partial charge in [0.05, 0.1) is 41.7 Å². The third-order valence-electron chi connectivity index (χ3n) is 4.37. The summed E-state index contributed by atoms with van der Waals surface area (Å²) in [6.45, 7) is 4.04. The maximum Gasteiger partial charge on any atom is 0.339 e. The number of thioether (sulfide) groups is 1. The number of aromatic nitrogens is 3. The molecule has 0 aliphatic rings. The van der Waals surface area contributed by atoms with Crippen molar-refractivity contribution in [3.8, 4) is 10.7 Å². The Bertz CT molecular complexity index is 1130. The Balaban J connectivity index is 1.78. The number of esters is 2. The number of carbonyl (C=O) groups excluding carboxylic acids is 3. The number of amides is 1. The first-order chi connectivity index (χ1) is 15.3. The summed E-state index contributed by atoms with van der Waals surface area (Å²) in [6.07, 6.45) is 0. The van der Waals surface area contributed by atoms with Crippen molar-refractivity contribution in [3.63, 3.8) is 0 Å². The molecule has 0 bridgehead atoms. The molecule has 1 aromatic carbocycles. The number of carbonyl (C=O) groups is 3. The summed E-state index contributed by atoms with van der Waals surface area (Å²) < 4.78 is 11.4. The van der Waals surface area contributed by atoms with E-state index in [1.807, 2.05) is 35.9 Å². The fraction of sp³-hybridized carbons (Fsp3) is 0.286. The van der Waals surface area contributed by atoms with Gasteiger partial charge in [-0.3, -0.25) is 9.36 Å². The van der Waals surface area contributed by atoms with Gasteiger partial charge in [-0.05, 0) is 43.5 Å². The van der Waals surface area contributed by atoms with Crippen molar-refractivity contribution in [2.45, 2.75) is 25.0 Å². The summed E-state index contributed by atoms with van der Waals surface area (Å²) in [5, 5.41) is 13.8. The van der Waals surface area contributed by atoms with Gasteiger partial charge < -0.3 is 14.8 Å². The van der Waals surface area contributed by atoms with Crippen molar-refractivity contribution < 1.29 is 23.9 Å². The van der Waals surface area contributed by atoms with Crippen LogP contribution in [0, 0.1) is 0 Å². The molecule has 2 heterocycles. The van der Waals surface area contributed by atoms with E-state index in [0.717, 1.165) is 10.7 Å². The Morgan fingerprint density at radius 3 is 2.50 bits per heavy atom. The van der Waals surface area contributed by atoms with Gasteiger partial charge in [0.25, 0.3) is 0 Å². The molecule has 3 rings (SSSR count). The first-order valence-electron chi connectivity index (χ1n) is 9.57. The Morgan fingerprint density at radius 2 is 1.88 bits per heavy atom. The molecule has 0 atom stereocenters. The first-order valence-corrected chi connectivity index (χ1v) is 11.4. The number of hydrogen-bond donors (Lipinski definition) is 1. The minimum absolute atomic E-state index is 0.0261. The zero-order valence-corrected chi connectivity index (χ0v) is 19.6. The number of anilines is 1. The van der Waals surface area contributed by atoms with Crippen LogP contribution in [0.4, 0.5) is 5.69 Å². The Labute approximate surface area is 193 Å². The minimum Gasteiger partial charge on any atom is -0.465 e. The van der Waals surface area contributed by atoms with Gasteiger partial charge in [-0.25, -0.2) is 9.59 Å². The van der Waals surface area contributed by atoms with Gasteiger partial charge in [0, 0.05) is 6.04 Å². The van der Waals surface area contributed by atoms with E-state index in [1.165, 1.54) is 44.2 Å². The molecule has 0 saturated carbocycles. The normalized spacial score (nSPS) is 10.8. The number of hydrogen-bond acceptors (Lipinski definition) is 9. The lowest BCUT2D eigenvalue weighted by Gasteiger charge is -2.13. The van der Waals surface area contributed by atoms with Gasteiger partial charge in [-0.2, -0.15) is 0 Å². The molecular weight excluding hydrogens is 452 g/mol. The lowest BCUT2D eigenvalue weighted by molar-refractivity contribution is -0.113. The molecular formula is C21H22N4O5S2. The standard InChI is InChI=1S/C21H22N4O5S2/c1-12(2)25-18(16-6-5-9-31-16)23-24-21(25)32-11-17(26)22-15-10-13(19(27)29-3)7-8-14(15)20(28)30-4/h5-10,12H,11H2,1-4H3,(H,22,26). The van der Waals surface area contributed by atoms with Crippen LogP contribution in [0.15, 0.2) is 40.9 Å². The average molecular weight is 475 g/mol. The second kappa shape index (κ2) is 10.4. The first kappa shape index (κ1) is 23.5. The van der Waals surface area contributed by atoms with Crippen LogP contribution in [0.5, 0.6) is 0 Å². The van der Waals surface area contributed by atoms with Crippen LogP contribution < -0.4 is 5.32 Å². The topological polar surface area (TPSA) is 112 Å². The predicted octanol–water partition coefficient (Wildman–Crippen LogP) is 3.89. The molecule has 2 aromatic heterocycles. The van der Waals surface area contributed by atoms with E-state index in [-0.39, 0.29) is 34.5 Å². The highest BCUT2D eigenvalue weighted by Crippen LogP contribution is 2.30. The van der Waals surface area contributed by atoms with Crippen LogP contribution in [-0.4, -0.2) is 52.6 Å². The van der Waals surface area contributed by atoms with Crippen molar-refractivity contribution in [2.75, 3.05) is 25.3 Å². The number of thiophene rings is 1. The number of methoxy groups -OCH3 is 2. The second-order valence-electron chi connectivity index (χ2n) is 6.83. The SMILES string of the molecule is COC(=O)c1ccc(C(=O)OC)c(NC(=O)CSc2nnc(-c3cccs3)n2C(C)C)c1. The molecule has 1 N–H and O–H groups in total. The molecule has 0 aliphatic carbocycles. The third-order valence-corrected chi connectivity index (χ3v) is 6.18. The summed E-state index contributed by atoms with van der Waals surface area (Å²) in [6, 6.07) is 8.23. The van der Waals surface area contributed by atoms with E-state index < -0.39 is 11.9 Å². The van der Waals surface area contributed by atoms with Crippen LogP contribution >= 0.6 is 23.1 Å². The van der Waals surface area contributed by atoms with Gasteiger partial charge in [-0.15, -0.1) is 21.5 Å². The molecule has 0 radical (unpaired) electrons. The number of rotatable bonds is 8. The smallest absolute Gasteiger partial charge is 0.339 e. The molecule has 11 heteroatoms. The molecule has 0 fully saturated rings. The van der Waals surface area contributed by atoms with Crippen LogP contribution in [0.25, 0.3) is 10.7 Å². The molecule has 9 nitrogen and oxygen atoms in total. The van der Waals surface area contributed by atoms with Gasteiger partial charge in [0.1, 0.15) is 0 Å². The maximum atomic E-state index is 12.7. The van der Waals surface area contributed by atoms with Gasteiger partial charge in [0.2, 0.25) is 5.91 Å². The summed E-state index contributed by atoms with van der Waals surface area (Å²) in [5.74, 6) is -0.824. The summed E-state index contributed by atoms with van der Waals surface area (Å²) >= 11 is 2.80. The lowest BCUT2D eigenvalue weighted by Crippen LogP contribution is -2.18. The van der Waals surface area contributed by atoms with Crippen molar-refractivity contribution in [2.24, 2.45) is 0 Å². The fourth-order valence-electron chi connectivity index (χ4n) is 2.91. The predicted molar refractivity (Wildman–Crippen MR) is 122 cm³/mol. The average Bonchev–Trinajstić information content (AvgIpc) is 3.46. The highest BCUT2D eigenvalue weighted by molar-refractivity contribution is 7.99. The molecule has 32 heavy (non-hydrogen) atoms. The van der Waals surface area contributed by atoms with Crippen LogP contribution in [0.2, 0.25) is 0 Å². The van der Waals surface area contributed by atoms with E-state index in [1.54, 1.807) is 11.3 Å². The maximum absolute atomic E-state index is 12.7. The van der Waals surface area contributed by atoms with Gasteiger partial charge in [0.15, 0.2) is 11.0 Å². The Hall–Kier alpha value is -3.18. The Morgan fingerprint density at radius 1 is 1.12 bits per heavy atom. The Kier molecular flexibility index (Phi) is 7.65. The number of nitrogens with zero attached hydrogens (tertiary/aromatic N) is 3. The summed E-state index contributed by atoms with van der Waals surface area (Å²) in [4.78, 5) is 37.6. The highest BCUT2D eigenvalue weighted by atomic mass is 32.2. The number of ether oxygens (including phenoxy) is 2. The molecule has 0 aliphatic heterocycles. The fourth-order valence-corrected chi connectivity index (χ4v) is 4.48. The second-order valence-corrected chi connectivity index (χ2v) is 8.72. The van der Waals surface area contributed by atoms with Crippen molar-refractivity contribution in [1.82, 2.24) is 14.8 Å². The van der Waals surface area contributed by atoms with Crippen LogP contribution in [0.3, 0.4) is 0 Å². The lowest BCUT2D eigenvalue weighted by atomic mass is 10.1. The van der Waals surface area contributed by atoms with E-state index in [0.29, 0.717) is 5.16 Å². The zero-order valence-electron chi connectivity index (χ0n) is 17.9. The summed E-state index contributed by atoms with van der Waals surface area (Å²) in [5.41, 5.74) is 0.488. The molecule has 0 spiro atoms. The quantitative estimate of drug-likeness (QED) is 0.386. The van der Waals surface area contributed by atoms with E-state index in [9.17, 15) is 14.4 Å². The van der Waals surface area contributed by atoms with Crippen LogP contribution in [-0.2, 0) is 14.3 Å². The highest BCUT2D eigenvalue weighted by Gasteiger charge is 2.20. The van der Waals surface area contributed by atoms with Gasteiger partial charge >= 0.3 is 11.9 Å². The third kappa shape index (κ3) is 5.17. The molecule has 168 valence electrons. The molecule has 0 saturated heterocycles. The van der Waals surface area contributed by atoms with E-state index in [4.69, 9.17) is 9.47 Å². The van der Waals surface area contributed by atoms with E-state index >= 15 is 0 Å².